The van der Waals surface area contributed by atoms with E-state index < -0.39 is 23.6 Å². The number of hydrogen-bond donors (Lipinski definition) is 2. The smallest absolute Gasteiger partial charge is 0.323 e. The minimum Gasteiger partial charge on any atom is -0.481 e. The number of carboxylic acid groups (broad SMARTS) is 1. The standard InChI is InChI=1S/C10H19NO4/c1-10(2,3)15-9(14)7(11-4)5-6-8(12)13/h7,11H,5-6H2,1-4H3,(H,12,13). The Kier molecular flexibility index (Phi) is 5.28. The van der Waals surface area contributed by atoms with Crippen LogP contribution in [0.5, 0.6) is 0 Å². The molecule has 1 unspecified atom stereocenters. The molecule has 0 aromatic heterocycles. The molecule has 0 spiro atoms. The molecule has 15 heavy (non-hydrogen) atoms. The van der Waals surface area contributed by atoms with Crippen molar-refractivity contribution in [3.8, 4) is 0 Å². The van der Waals surface area contributed by atoms with Crippen LogP contribution in [0.2, 0.25) is 0 Å². The van der Waals surface area contributed by atoms with Crippen LogP contribution in [-0.4, -0.2) is 35.7 Å². The second-order valence-corrected chi connectivity index (χ2v) is 4.31. The van der Waals surface area contributed by atoms with Gasteiger partial charge in [0.15, 0.2) is 0 Å². The zero-order chi connectivity index (χ0) is 12.1. The molecule has 88 valence electrons. The van der Waals surface area contributed by atoms with Crippen LogP contribution in [0.1, 0.15) is 33.6 Å². The summed E-state index contributed by atoms with van der Waals surface area (Å²) in [7, 11) is 1.61. The Morgan fingerprint density at radius 3 is 2.27 bits per heavy atom. The first-order valence-electron chi connectivity index (χ1n) is 4.88. The summed E-state index contributed by atoms with van der Waals surface area (Å²) in [6.07, 6.45) is 0.186. The van der Waals surface area contributed by atoms with Gasteiger partial charge in [-0.05, 0) is 34.2 Å². The lowest BCUT2D eigenvalue weighted by molar-refractivity contribution is -0.157. The van der Waals surface area contributed by atoms with Gasteiger partial charge in [-0.1, -0.05) is 0 Å². The van der Waals surface area contributed by atoms with Crippen molar-refractivity contribution in [2.75, 3.05) is 7.05 Å². The summed E-state index contributed by atoms with van der Waals surface area (Å²) in [5.74, 6) is -1.33. The molecule has 0 aliphatic rings. The Morgan fingerprint density at radius 1 is 1.40 bits per heavy atom. The van der Waals surface area contributed by atoms with Gasteiger partial charge < -0.3 is 15.2 Å². The van der Waals surface area contributed by atoms with E-state index in [9.17, 15) is 9.59 Å². The van der Waals surface area contributed by atoms with Gasteiger partial charge in [-0.25, -0.2) is 0 Å². The highest BCUT2D eigenvalue weighted by molar-refractivity contribution is 5.77. The number of carbonyl (C=O) groups excluding carboxylic acids is 1. The van der Waals surface area contributed by atoms with E-state index in [1.54, 1.807) is 27.8 Å². The summed E-state index contributed by atoms with van der Waals surface area (Å²) in [6, 6.07) is -0.555. The van der Waals surface area contributed by atoms with E-state index in [4.69, 9.17) is 9.84 Å². The maximum absolute atomic E-state index is 11.5. The molecular weight excluding hydrogens is 198 g/mol. The van der Waals surface area contributed by atoms with Crippen LogP contribution < -0.4 is 5.32 Å². The number of ether oxygens (including phenoxy) is 1. The van der Waals surface area contributed by atoms with Crippen molar-refractivity contribution in [1.82, 2.24) is 5.32 Å². The van der Waals surface area contributed by atoms with Crippen molar-refractivity contribution < 1.29 is 19.4 Å². The highest BCUT2D eigenvalue weighted by atomic mass is 16.6. The van der Waals surface area contributed by atoms with Gasteiger partial charge in [0.05, 0.1) is 0 Å². The Morgan fingerprint density at radius 2 is 1.93 bits per heavy atom. The molecule has 0 rings (SSSR count). The monoisotopic (exact) mass is 217 g/mol. The second-order valence-electron chi connectivity index (χ2n) is 4.31. The van der Waals surface area contributed by atoms with Gasteiger partial charge in [0.25, 0.3) is 0 Å². The molecule has 0 radical (unpaired) electrons. The van der Waals surface area contributed by atoms with E-state index in [1.165, 1.54) is 0 Å². The van der Waals surface area contributed by atoms with Crippen molar-refractivity contribution in [2.45, 2.75) is 45.3 Å². The molecule has 1 atom stereocenters. The number of carbonyl (C=O) groups is 2. The summed E-state index contributed by atoms with van der Waals surface area (Å²) in [5.41, 5.74) is -0.546. The average Bonchev–Trinajstić information content (AvgIpc) is 2.01. The van der Waals surface area contributed by atoms with Crippen molar-refractivity contribution in [3.05, 3.63) is 0 Å². The number of aliphatic carboxylic acids is 1. The minimum atomic E-state index is -0.918. The lowest BCUT2D eigenvalue weighted by Crippen LogP contribution is -2.39. The molecule has 0 aromatic rings. The number of nitrogens with one attached hydrogen (secondary N) is 1. The number of esters is 1. The van der Waals surface area contributed by atoms with Crippen LogP contribution >= 0.6 is 0 Å². The molecule has 0 aliphatic carbocycles. The largest absolute Gasteiger partial charge is 0.481 e. The Hall–Kier alpha value is -1.10. The molecule has 2 N–H and O–H groups in total. The van der Waals surface area contributed by atoms with E-state index >= 15 is 0 Å². The molecule has 0 aromatic carbocycles. The van der Waals surface area contributed by atoms with E-state index in [0.717, 1.165) is 0 Å². The minimum absolute atomic E-state index is 0.0508. The first-order chi connectivity index (χ1) is 6.76. The van der Waals surface area contributed by atoms with E-state index in [0.29, 0.717) is 0 Å². The van der Waals surface area contributed by atoms with Crippen LogP contribution in [0.15, 0.2) is 0 Å². The Balaban J connectivity index is 4.16. The van der Waals surface area contributed by atoms with Gasteiger partial charge in [0, 0.05) is 6.42 Å². The van der Waals surface area contributed by atoms with Gasteiger partial charge >= 0.3 is 11.9 Å². The van der Waals surface area contributed by atoms with Gasteiger partial charge in [-0.2, -0.15) is 0 Å². The fourth-order valence-electron chi connectivity index (χ4n) is 1.02. The molecule has 5 nitrogen and oxygen atoms in total. The zero-order valence-corrected chi connectivity index (χ0v) is 9.66. The molecular formula is C10H19NO4. The van der Waals surface area contributed by atoms with Crippen molar-refractivity contribution >= 4 is 11.9 Å². The maximum Gasteiger partial charge on any atom is 0.323 e. The topological polar surface area (TPSA) is 75.6 Å². The summed E-state index contributed by atoms with van der Waals surface area (Å²) in [6.45, 7) is 5.32. The molecule has 0 amide bonds. The highest BCUT2D eigenvalue weighted by Crippen LogP contribution is 2.10. The predicted octanol–water partition coefficient (Wildman–Crippen LogP) is 0.781. The molecule has 5 heteroatoms. The number of carboxylic acids is 1. The zero-order valence-electron chi connectivity index (χ0n) is 9.66. The van der Waals surface area contributed by atoms with E-state index in [2.05, 4.69) is 5.32 Å². The molecule has 0 saturated heterocycles. The van der Waals surface area contributed by atoms with Crippen LogP contribution in [0.25, 0.3) is 0 Å². The van der Waals surface area contributed by atoms with Gasteiger partial charge in [-0.15, -0.1) is 0 Å². The third kappa shape index (κ3) is 6.90. The van der Waals surface area contributed by atoms with Gasteiger partial charge in [-0.3, -0.25) is 9.59 Å². The van der Waals surface area contributed by atoms with Crippen LogP contribution in [0, 0.1) is 0 Å². The fraction of sp³-hybridized carbons (Fsp3) is 0.800. The molecule has 0 aliphatic heterocycles. The third-order valence-corrected chi connectivity index (χ3v) is 1.69. The second kappa shape index (κ2) is 5.70. The van der Waals surface area contributed by atoms with E-state index in [1.807, 2.05) is 0 Å². The molecule has 0 fully saturated rings. The Bertz CT molecular complexity index is 232. The number of likely N-dealkylation sites (N-methyl/N-ethyl adjacent to an activating group) is 1. The highest BCUT2D eigenvalue weighted by Gasteiger charge is 2.24. The number of hydrogen-bond acceptors (Lipinski definition) is 4. The van der Waals surface area contributed by atoms with E-state index in [-0.39, 0.29) is 12.8 Å². The first-order valence-corrected chi connectivity index (χ1v) is 4.88. The Labute approximate surface area is 89.8 Å². The average molecular weight is 217 g/mol. The SMILES string of the molecule is CNC(CCC(=O)O)C(=O)OC(C)(C)C. The van der Waals surface area contributed by atoms with Gasteiger partial charge in [0.1, 0.15) is 11.6 Å². The fourth-order valence-corrected chi connectivity index (χ4v) is 1.02. The summed E-state index contributed by atoms with van der Waals surface area (Å²) in [5, 5.41) is 11.2. The molecule has 0 bridgehead atoms. The van der Waals surface area contributed by atoms with Crippen molar-refractivity contribution in [3.63, 3.8) is 0 Å². The summed E-state index contributed by atoms with van der Waals surface area (Å²) >= 11 is 0. The third-order valence-electron chi connectivity index (χ3n) is 1.69. The normalized spacial score (nSPS) is 13.3. The lowest BCUT2D eigenvalue weighted by Gasteiger charge is -2.23. The maximum atomic E-state index is 11.5. The first kappa shape index (κ1) is 13.9. The van der Waals surface area contributed by atoms with Crippen LogP contribution in [0.3, 0.4) is 0 Å². The molecule has 0 saturated carbocycles. The van der Waals surface area contributed by atoms with Crippen molar-refractivity contribution in [1.29, 1.82) is 0 Å². The predicted molar refractivity (Wildman–Crippen MR) is 55.6 cm³/mol. The summed E-state index contributed by atoms with van der Waals surface area (Å²) < 4.78 is 5.13. The molecule has 0 heterocycles. The lowest BCUT2D eigenvalue weighted by atomic mass is 10.1. The summed E-state index contributed by atoms with van der Waals surface area (Å²) in [4.78, 5) is 21.9. The van der Waals surface area contributed by atoms with Crippen LogP contribution in [0.4, 0.5) is 0 Å². The quantitative estimate of drug-likeness (QED) is 0.665. The van der Waals surface area contributed by atoms with Gasteiger partial charge in [0.2, 0.25) is 0 Å². The van der Waals surface area contributed by atoms with Crippen LogP contribution in [-0.2, 0) is 14.3 Å². The van der Waals surface area contributed by atoms with Crippen molar-refractivity contribution in [2.24, 2.45) is 0 Å². The number of rotatable bonds is 5.